The molecule has 4 nitrogen and oxygen atoms in total. The van der Waals surface area contributed by atoms with Gasteiger partial charge in [0.1, 0.15) is 5.82 Å². The fourth-order valence-corrected chi connectivity index (χ4v) is 2.89. The second kappa shape index (κ2) is 5.93. The van der Waals surface area contributed by atoms with E-state index in [2.05, 4.69) is 15.6 Å². The number of anilines is 1. The first-order valence-corrected chi connectivity index (χ1v) is 7.53. The van der Waals surface area contributed by atoms with E-state index in [1.807, 2.05) is 48.8 Å². The molecule has 0 aliphatic heterocycles. The topological polar surface area (TPSA) is 54.0 Å². The van der Waals surface area contributed by atoms with E-state index in [1.165, 1.54) is 0 Å². The molecule has 2 heterocycles. The van der Waals surface area contributed by atoms with Crippen molar-refractivity contribution in [3.8, 4) is 0 Å². The summed E-state index contributed by atoms with van der Waals surface area (Å²) in [5, 5.41) is 9.84. The molecule has 0 saturated heterocycles. The van der Waals surface area contributed by atoms with Crippen LogP contribution in [0.25, 0.3) is 10.8 Å². The van der Waals surface area contributed by atoms with Crippen molar-refractivity contribution in [1.82, 2.24) is 10.3 Å². The Bertz CT molecular complexity index is 768. The summed E-state index contributed by atoms with van der Waals surface area (Å²) < 4.78 is 0. The average Bonchev–Trinajstić information content (AvgIpc) is 3.05. The highest BCUT2D eigenvalue weighted by molar-refractivity contribution is 7.09. The molecule has 0 radical (unpaired) electrons. The molecular formula is C16H15N3OS. The largest absolute Gasteiger partial charge is 0.373 e. The second-order valence-corrected chi connectivity index (χ2v) is 5.61. The van der Waals surface area contributed by atoms with Crippen molar-refractivity contribution in [2.24, 2.45) is 0 Å². The molecule has 1 aromatic carbocycles. The quantitative estimate of drug-likeness (QED) is 0.777. The fraction of sp³-hybridized carbons (Fsp3) is 0.125. The Kier molecular flexibility index (Phi) is 3.83. The Morgan fingerprint density at radius 1 is 1.19 bits per heavy atom. The van der Waals surface area contributed by atoms with E-state index in [-0.39, 0.29) is 5.91 Å². The third-order valence-corrected chi connectivity index (χ3v) is 4.16. The standard InChI is InChI=1S/C16H15N3OS/c1-17-15-13-7-3-2-6-12(13)14(10-18-15)16(20)19-9-11-5-4-8-21-11/h2-8,10H,9H2,1H3,(H,17,18)(H,19,20). The second-order valence-electron chi connectivity index (χ2n) is 4.58. The summed E-state index contributed by atoms with van der Waals surface area (Å²) in [6.45, 7) is 0.540. The molecule has 21 heavy (non-hydrogen) atoms. The Morgan fingerprint density at radius 3 is 2.71 bits per heavy atom. The van der Waals surface area contributed by atoms with Crippen molar-refractivity contribution in [2.75, 3.05) is 12.4 Å². The molecular weight excluding hydrogens is 282 g/mol. The molecule has 3 aromatic rings. The van der Waals surface area contributed by atoms with Gasteiger partial charge in [-0.1, -0.05) is 30.3 Å². The maximum atomic E-state index is 12.4. The monoisotopic (exact) mass is 297 g/mol. The highest BCUT2D eigenvalue weighted by atomic mass is 32.1. The lowest BCUT2D eigenvalue weighted by Crippen LogP contribution is -2.22. The van der Waals surface area contributed by atoms with Crippen LogP contribution in [0.2, 0.25) is 0 Å². The SMILES string of the molecule is CNc1ncc(C(=O)NCc2cccs2)c2ccccc12. The van der Waals surface area contributed by atoms with Crippen molar-refractivity contribution in [1.29, 1.82) is 0 Å². The minimum atomic E-state index is -0.102. The molecule has 106 valence electrons. The maximum Gasteiger partial charge on any atom is 0.253 e. The van der Waals surface area contributed by atoms with Crippen LogP contribution in [0.3, 0.4) is 0 Å². The summed E-state index contributed by atoms with van der Waals surface area (Å²) >= 11 is 1.63. The van der Waals surface area contributed by atoms with E-state index in [9.17, 15) is 4.79 Å². The molecule has 0 saturated carbocycles. The summed E-state index contributed by atoms with van der Waals surface area (Å²) in [4.78, 5) is 17.8. The van der Waals surface area contributed by atoms with Gasteiger partial charge in [0.15, 0.2) is 0 Å². The van der Waals surface area contributed by atoms with Crippen LogP contribution in [0.1, 0.15) is 15.2 Å². The molecule has 0 spiro atoms. The summed E-state index contributed by atoms with van der Waals surface area (Å²) in [6, 6.07) is 11.8. The van der Waals surface area contributed by atoms with E-state index in [0.717, 1.165) is 21.5 Å². The molecule has 0 aliphatic rings. The van der Waals surface area contributed by atoms with Gasteiger partial charge in [-0.05, 0) is 16.8 Å². The first kappa shape index (κ1) is 13.6. The number of rotatable bonds is 4. The molecule has 0 bridgehead atoms. The Hall–Kier alpha value is -2.40. The highest BCUT2D eigenvalue weighted by Gasteiger charge is 2.12. The van der Waals surface area contributed by atoms with E-state index < -0.39 is 0 Å². The van der Waals surface area contributed by atoms with Gasteiger partial charge >= 0.3 is 0 Å². The normalized spacial score (nSPS) is 10.5. The number of fused-ring (bicyclic) bond motifs is 1. The number of aromatic nitrogens is 1. The summed E-state index contributed by atoms with van der Waals surface area (Å²) in [5.41, 5.74) is 0.598. The van der Waals surface area contributed by atoms with Crippen LogP contribution in [0.5, 0.6) is 0 Å². The summed E-state index contributed by atoms with van der Waals surface area (Å²) in [7, 11) is 1.82. The highest BCUT2D eigenvalue weighted by Crippen LogP contribution is 2.24. The van der Waals surface area contributed by atoms with Crippen LogP contribution in [0, 0.1) is 0 Å². The average molecular weight is 297 g/mol. The molecule has 0 aliphatic carbocycles. The van der Waals surface area contributed by atoms with Gasteiger partial charge in [0.2, 0.25) is 0 Å². The van der Waals surface area contributed by atoms with Crippen LogP contribution >= 0.6 is 11.3 Å². The van der Waals surface area contributed by atoms with Crippen LogP contribution < -0.4 is 10.6 Å². The van der Waals surface area contributed by atoms with Gasteiger partial charge in [0.05, 0.1) is 12.1 Å². The molecule has 2 aromatic heterocycles. The molecule has 3 rings (SSSR count). The lowest BCUT2D eigenvalue weighted by atomic mass is 10.1. The van der Waals surface area contributed by atoms with Crippen LogP contribution in [-0.4, -0.2) is 17.9 Å². The first-order valence-electron chi connectivity index (χ1n) is 6.65. The molecule has 0 fully saturated rings. The van der Waals surface area contributed by atoms with E-state index >= 15 is 0 Å². The Balaban J connectivity index is 1.91. The van der Waals surface area contributed by atoms with Gasteiger partial charge in [-0.2, -0.15) is 0 Å². The third kappa shape index (κ3) is 2.73. The van der Waals surface area contributed by atoms with E-state index in [1.54, 1.807) is 17.5 Å². The number of benzene rings is 1. The number of nitrogens with one attached hydrogen (secondary N) is 2. The van der Waals surface area contributed by atoms with E-state index in [4.69, 9.17) is 0 Å². The molecule has 1 amide bonds. The zero-order valence-electron chi connectivity index (χ0n) is 11.6. The van der Waals surface area contributed by atoms with Gasteiger partial charge in [0, 0.05) is 23.5 Å². The minimum absolute atomic E-state index is 0.102. The Labute approximate surface area is 126 Å². The van der Waals surface area contributed by atoms with Crippen molar-refractivity contribution in [3.63, 3.8) is 0 Å². The van der Waals surface area contributed by atoms with E-state index in [0.29, 0.717) is 12.1 Å². The molecule has 0 atom stereocenters. The lowest BCUT2D eigenvalue weighted by Gasteiger charge is -2.10. The zero-order valence-corrected chi connectivity index (χ0v) is 12.4. The van der Waals surface area contributed by atoms with Crippen molar-refractivity contribution >= 4 is 33.8 Å². The number of pyridine rings is 1. The van der Waals surface area contributed by atoms with Crippen molar-refractivity contribution < 1.29 is 4.79 Å². The maximum absolute atomic E-state index is 12.4. The molecule has 0 unspecified atom stereocenters. The van der Waals surface area contributed by atoms with Gasteiger partial charge in [-0.25, -0.2) is 4.98 Å². The predicted molar refractivity (Wildman–Crippen MR) is 86.8 cm³/mol. The number of nitrogens with zero attached hydrogens (tertiary/aromatic N) is 1. The minimum Gasteiger partial charge on any atom is -0.373 e. The predicted octanol–water partition coefficient (Wildman–Crippen LogP) is 3.27. The van der Waals surface area contributed by atoms with Gasteiger partial charge in [-0.3, -0.25) is 4.79 Å². The van der Waals surface area contributed by atoms with Gasteiger partial charge < -0.3 is 10.6 Å². The number of hydrogen-bond donors (Lipinski definition) is 2. The number of amides is 1. The Morgan fingerprint density at radius 2 is 2.00 bits per heavy atom. The van der Waals surface area contributed by atoms with Crippen LogP contribution in [0.4, 0.5) is 5.82 Å². The molecule has 2 N–H and O–H groups in total. The fourth-order valence-electron chi connectivity index (χ4n) is 2.25. The number of hydrogen-bond acceptors (Lipinski definition) is 4. The van der Waals surface area contributed by atoms with Gasteiger partial charge in [-0.15, -0.1) is 11.3 Å². The van der Waals surface area contributed by atoms with Gasteiger partial charge in [0.25, 0.3) is 5.91 Å². The number of carbonyl (C=O) groups is 1. The third-order valence-electron chi connectivity index (χ3n) is 3.28. The summed E-state index contributed by atoms with van der Waals surface area (Å²) in [6.07, 6.45) is 1.62. The lowest BCUT2D eigenvalue weighted by molar-refractivity contribution is 0.0952. The summed E-state index contributed by atoms with van der Waals surface area (Å²) in [5.74, 6) is 0.676. The smallest absolute Gasteiger partial charge is 0.253 e. The van der Waals surface area contributed by atoms with Crippen molar-refractivity contribution in [2.45, 2.75) is 6.54 Å². The van der Waals surface area contributed by atoms with Crippen LogP contribution in [-0.2, 0) is 6.54 Å². The number of thiophene rings is 1. The first-order chi connectivity index (χ1) is 10.3. The zero-order chi connectivity index (χ0) is 14.7. The number of carbonyl (C=O) groups excluding carboxylic acids is 1. The van der Waals surface area contributed by atoms with Crippen molar-refractivity contribution in [3.05, 3.63) is 58.4 Å². The van der Waals surface area contributed by atoms with Crippen LogP contribution in [0.15, 0.2) is 48.0 Å². The molecule has 5 heteroatoms.